The molecule has 1 rings (SSSR count). The average Bonchev–Trinajstić information content (AvgIpc) is 2.05. The average molecular weight is 188 g/mol. The van der Waals surface area contributed by atoms with Crippen molar-refractivity contribution in [3.8, 4) is 6.07 Å². The van der Waals surface area contributed by atoms with Gasteiger partial charge in [-0.05, 0) is 6.07 Å². The largest absolute Gasteiger partial charge is 0.207 e. The zero-order valence-electron chi connectivity index (χ0n) is 5.94. The zero-order chi connectivity index (χ0) is 9.14. The van der Waals surface area contributed by atoms with E-state index in [0.29, 0.717) is 6.07 Å². The minimum absolute atomic E-state index is 0.0687. The molecule has 0 bridgehead atoms. The number of rotatable bonds is 1. The molecule has 0 aliphatic heterocycles. The maximum atomic E-state index is 12.7. The molecule has 0 unspecified atom stereocenters. The highest BCUT2D eigenvalue weighted by Gasteiger charge is 2.07. The van der Waals surface area contributed by atoms with Crippen molar-refractivity contribution in [2.45, 2.75) is 5.88 Å². The fraction of sp³-hybridized carbons (Fsp3) is 0.125. The van der Waals surface area contributed by atoms with Gasteiger partial charge in [-0.3, -0.25) is 0 Å². The van der Waals surface area contributed by atoms with Crippen LogP contribution in [0, 0.1) is 23.0 Å². The van der Waals surface area contributed by atoms with Crippen LogP contribution in [-0.4, -0.2) is 0 Å². The van der Waals surface area contributed by atoms with Gasteiger partial charge >= 0.3 is 0 Å². The van der Waals surface area contributed by atoms with E-state index in [1.807, 2.05) is 0 Å². The van der Waals surface area contributed by atoms with Crippen molar-refractivity contribution in [2.75, 3.05) is 0 Å². The van der Waals surface area contributed by atoms with Gasteiger partial charge in [-0.1, -0.05) is 0 Å². The molecule has 1 aromatic rings. The summed E-state index contributed by atoms with van der Waals surface area (Å²) in [5.41, 5.74) is -0.0540. The summed E-state index contributed by atoms with van der Waals surface area (Å²) in [5, 5.41) is 8.37. The van der Waals surface area contributed by atoms with E-state index >= 15 is 0 Å². The summed E-state index contributed by atoms with van der Waals surface area (Å²) in [6.07, 6.45) is 0. The first-order valence-electron chi connectivity index (χ1n) is 3.13. The Hall–Kier alpha value is -1.14. The summed E-state index contributed by atoms with van der Waals surface area (Å²) in [6, 6.07) is 3.37. The second kappa shape index (κ2) is 3.51. The van der Waals surface area contributed by atoms with Crippen LogP contribution in [0.1, 0.15) is 11.1 Å². The molecule has 1 nitrogen and oxygen atoms in total. The van der Waals surface area contributed by atoms with Gasteiger partial charge in [0, 0.05) is 11.6 Å². The molecule has 4 heteroatoms. The molecule has 0 saturated carbocycles. The number of halogens is 3. The van der Waals surface area contributed by atoms with E-state index in [2.05, 4.69) is 0 Å². The van der Waals surface area contributed by atoms with Crippen LogP contribution in [0.15, 0.2) is 12.1 Å². The van der Waals surface area contributed by atoms with Crippen molar-refractivity contribution >= 4 is 11.6 Å². The van der Waals surface area contributed by atoms with Crippen molar-refractivity contribution in [3.05, 3.63) is 34.9 Å². The van der Waals surface area contributed by atoms with Gasteiger partial charge in [-0.2, -0.15) is 5.26 Å². The summed E-state index contributed by atoms with van der Waals surface area (Å²) in [4.78, 5) is 0. The Morgan fingerprint density at radius 3 is 2.50 bits per heavy atom. The lowest BCUT2D eigenvalue weighted by Gasteiger charge is -1.99. The normalized spacial score (nSPS) is 9.50. The molecule has 0 aliphatic rings. The Bertz CT molecular complexity index is 344. The molecule has 0 amide bonds. The molecule has 1 aromatic carbocycles. The van der Waals surface area contributed by atoms with Gasteiger partial charge in [-0.25, -0.2) is 8.78 Å². The van der Waals surface area contributed by atoms with E-state index in [1.165, 1.54) is 0 Å². The van der Waals surface area contributed by atoms with E-state index in [0.717, 1.165) is 6.07 Å². The smallest absolute Gasteiger partial charge is 0.143 e. The molecule has 12 heavy (non-hydrogen) atoms. The Balaban J connectivity index is 3.30. The molecular weight excluding hydrogens is 184 g/mol. The molecule has 0 N–H and O–H groups in total. The van der Waals surface area contributed by atoms with E-state index in [-0.39, 0.29) is 17.0 Å². The highest BCUT2D eigenvalue weighted by molar-refractivity contribution is 6.17. The minimum Gasteiger partial charge on any atom is -0.207 e. The predicted octanol–water partition coefficient (Wildman–Crippen LogP) is 2.58. The molecule has 0 aliphatic carbocycles. The summed E-state index contributed by atoms with van der Waals surface area (Å²) >= 11 is 5.34. The fourth-order valence-corrected chi connectivity index (χ4v) is 0.987. The second-order valence-electron chi connectivity index (χ2n) is 2.17. The maximum absolute atomic E-state index is 12.7. The first kappa shape index (κ1) is 8.95. The third kappa shape index (κ3) is 1.54. The van der Waals surface area contributed by atoms with Gasteiger partial charge in [0.25, 0.3) is 0 Å². The molecule has 0 atom stereocenters. The van der Waals surface area contributed by atoms with Crippen molar-refractivity contribution in [1.29, 1.82) is 5.26 Å². The third-order valence-electron chi connectivity index (χ3n) is 1.40. The Labute approximate surface area is 73.2 Å². The lowest BCUT2D eigenvalue weighted by atomic mass is 10.1. The molecule has 0 heterocycles. The number of hydrogen-bond acceptors (Lipinski definition) is 1. The SMILES string of the molecule is N#Cc1cc(CCl)c(F)cc1F. The highest BCUT2D eigenvalue weighted by Crippen LogP contribution is 2.15. The fourth-order valence-electron chi connectivity index (χ4n) is 0.782. The van der Waals surface area contributed by atoms with Crippen LogP contribution in [0.4, 0.5) is 8.78 Å². The number of nitriles is 1. The second-order valence-corrected chi connectivity index (χ2v) is 2.44. The van der Waals surface area contributed by atoms with Gasteiger partial charge in [0.05, 0.1) is 11.4 Å². The quantitative estimate of drug-likeness (QED) is 0.620. The topological polar surface area (TPSA) is 23.8 Å². The molecule has 62 valence electrons. The minimum atomic E-state index is -0.858. The predicted molar refractivity (Wildman–Crippen MR) is 40.6 cm³/mol. The molecule has 0 aromatic heterocycles. The summed E-state index contributed by atoms with van der Waals surface area (Å²) < 4.78 is 25.4. The molecule has 0 saturated heterocycles. The first-order valence-corrected chi connectivity index (χ1v) is 3.66. The van der Waals surface area contributed by atoms with Gasteiger partial charge < -0.3 is 0 Å². The van der Waals surface area contributed by atoms with E-state index in [1.54, 1.807) is 6.07 Å². The molecular formula is C8H4ClF2N. The molecule has 0 radical (unpaired) electrons. The first-order chi connectivity index (χ1) is 5.69. The lowest BCUT2D eigenvalue weighted by molar-refractivity contribution is 0.574. The van der Waals surface area contributed by atoms with Gasteiger partial charge in [0.15, 0.2) is 0 Å². The van der Waals surface area contributed by atoms with Crippen molar-refractivity contribution in [1.82, 2.24) is 0 Å². The Kier molecular flexibility index (Phi) is 2.61. The summed E-state index contributed by atoms with van der Waals surface area (Å²) in [7, 11) is 0. The number of benzene rings is 1. The lowest BCUT2D eigenvalue weighted by Crippen LogP contribution is -1.92. The number of hydrogen-bond donors (Lipinski definition) is 0. The summed E-state index contributed by atoms with van der Waals surface area (Å²) in [6.45, 7) is 0. The number of alkyl halides is 1. The maximum Gasteiger partial charge on any atom is 0.143 e. The molecule has 0 fully saturated rings. The molecule has 0 spiro atoms. The van der Waals surface area contributed by atoms with Crippen LogP contribution in [0.5, 0.6) is 0 Å². The third-order valence-corrected chi connectivity index (χ3v) is 1.69. The van der Waals surface area contributed by atoms with Crippen LogP contribution >= 0.6 is 11.6 Å². The standard InChI is InChI=1S/C8H4ClF2N/c9-3-5-1-6(4-12)8(11)2-7(5)10/h1-2H,3H2. The highest BCUT2D eigenvalue weighted by atomic mass is 35.5. The van der Waals surface area contributed by atoms with Crippen molar-refractivity contribution in [2.24, 2.45) is 0 Å². The zero-order valence-corrected chi connectivity index (χ0v) is 6.70. The van der Waals surface area contributed by atoms with Crippen LogP contribution in [0.2, 0.25) is 0 Å². The van der Waals surface area contributed by atoms with Crippen LogP contribution < -0.4 is 0 Å². The van der Waals surface area contributed by atoms with E-state index in [9.17, 15) is 8.78 Å². The van der Waals surface area contributed by atoms with Gasteiger partial charge in [0.1, 0.15) is 17.7 Å². The van der Waals surface area contributed by atoms with Crippen molar-refractivity contribution < 1.29 is 8.78 Å². The number of nitrogens with zero attached hydrogens (tertiary/aromatic N) is 1. The Morgan fingerprint density at radius 1 is 1.33 bits per heavy atom. The van der Waals surface area contributed by atoms with Crippen LogP contribution in [0.25, 0.3) is 0 Å². The van der Waals surface area contributed by atoms with E-state index < -0.39 is 11.6 Å². The van der Waals surface area contributed by atoms with E-state index in [4.69, 9.17) is 16.9 Å². The van der Waals surface area contributed by atoms with Gasteiger partial charge in [-0.15, -0.1) is 11.6 Å². The van der Waals surface area contributed by atoms with Crippen LogP contribution in [-0.2, 0) is 5.88 Å². The monoisotopic (exact) mass is 187 g/mol. The van der Waals surface area contributed by atoms with Gasteiger partial charge in [0.2, 0.25) is 0 Å². The Morgan fingerprint density at radius 2 is 2.00 bits per heavy atom. The van der Waals surface area contributed by atoms with Crippen LogP contribution in [0.3, 0.4) is 0 Å². The van der Waals surface area contributed by atoms with Crippen molar-refractivity contribution in [3.63, 3.8) is 0 Å². The summed E-state index contributed by atoms with van der Waals surface area (Å²) in [5.74, 6) is -1.65.